The number of phenols is 1. The van der Waals surface area contributed by atoms with Gasteiger partial charge in [0.15, 0.2) is 18.1 Å². The van der Waals surface area contributed by atoms with Gasteiger partial charge in [0.1, 0.15) is 0 Å². The molecular formula is C20H23NO3. The van der Waals surface area contributed by atoms with Crippen LogP contribution in [0.4, 0.5) is 0 Å². The third-order valence-corrected chi connectivity index (χ3v) is 4.46. The summed E-state index contributed by atoms with van der Waals surface area (Å²) in [6.07, 6.45) is 3.18. The number of likely N-dealkylation sites (tertiary alicyclic amines) is 1. The summed E-state index contributed by atoms with van der Waals surface area (Å²) in [7, 11) is 0. The molecule has 0 saturated carbocycles. The van der Waals surface area contributed by atoms with E-state index in [4.69, 9.17) is 4.74 Å². The van der Waals surface area contributed by atoms with Gasteiger partial charge in [-0.3, -0.25) is 4.79 Å². The Morgan fingerprint density at radius 2 is 1.88 bits per heavy atom. The van der Waals surface area contributed by atoms with Crippen LogP contribution >= 0.6 is 0 Å². The predicted octanol–water partition coefficient (Wildman–Crippen LogP) is 3.25. The molecule has 3 rings (SSSR count). The molecule has 0 bridgehead atoms. The molecule has 1 aliphatic rings. The van der Waals surface area contributed by atoms with Crippen molar-refractivity contribution >= 4 is 5.91 Å². The molecule has 4 nitrogen and oxygen atoms in total. The van der Waals surface area contributed by atoms with Gasteiger partial charge in [-0.15, -0.1) is 0 Å². The molecular weight excluding hydrogens is 302 g/mol. The van der Waals surface area contributed by atoms with Gasteiger partial charge in [0, 0.05) is 13.1 Å². The molecule has 1 unspecified atom stereocenters. The highest BCUT2D eigenvalue weighted by atomic mass is 16.5. The zero-order chi connectivity index (χ0) is 16.8. The normalized spacial score (nSPS) is 17.5. The average molecular weight is 325 g/mol. The van der Waals surface area contributed by atoms with Crippen LogP contribution < -0.4 is 4.74 Å². The van der Waals surface area contributed by atoms with E-state index in [-0.39, 0.29) is 18.3 Å². The number of benzene rings is 2. The molecule has 1 saturated heterocycles. The van der Waals surface area contributed by atoms with E-state index in [9.17, 15) is 9.90 Å². The Kier molecular flexibility index (Phi) is 5.36. The van der Waals surface area contributed by atoms with Crippen LogP contribution in [0.1, 0.15) is 18.4 Å². The Hall–Kier alpha value is -2.49. The van der Waals surface area contributed by atoms with Crippen LogP contribution in [-0.4, -0.2) is 35.6 Å². The van der Waals surface area contributed by atoms with Crippen LogP contribution in [0.15, 0.2) is 54.6 Å². The Bertz CT molecular complexity index is 672. The van der Waals surface area contributed by atoms with Crippen LogP contribution in [-0.2, 0) is 11.2 Å². The van der Waals surface area contributed by atoms with Gasteiger partial charge >= 0.3 is 0 Å². The van der Waals surface area contributed by atoms with E-state index in [1.807, 2.05) is 11.0 Å². The fourth-order valence-electron chi connectivity index (χ4n) is 3.22. The molecule has 0 aromatic heterocycles. The van der Waals surface area contributed by atoms with E-state index >= 15 is 0 Å². The number of nitrogens with zero attached hydrogens (tertiary/aromatic N) is 1. The number of para-hydroxylation sites is 2. The van der Waals surface area contributed by atoms with E-state index in [1.54, 1.807) is 24.3 Å². The molecule has 1 N–H and O–H groups in total. The summed E-state index contributed by atoms with van der Waals surface area (Å²) in [6.45, 7) is 1.53. The van der Waals surface area contributed by atoms with Crippen LogP contribution in [0, 0.1) is 5.92 Å². The van der Waals surface area contributed by atoms with E-state index in [1.165, 1.54) is 5.56 Å². The van der Waals surface area contributed by atoms with E-state index < -0.39 is 0 Å². The van der Waals surface area contributed by atoms with Crippen molar-refractivity contribution in [2.45, 2.75) is 19.3 Å². The molecule has 0 radical (unpaired) electrons. The topological polar surface area (TPSA) is 49.8 Å². The van der Waals surface area contributed by atoms with Gasteiger partial charge < -0.3 is 14.7 Å². The Labute approximate surface area is 142 Å². The highest BCUT2D eigenvalue weighted by molar-refractivity contribution is 5.78. The molecule has 1 heterocycles. The summed E-state index contributed by atoms with van der Waals surface area (Å²) < 4.78 is 5.46. The number of rotatable bonds is 5. The summed E-state index contributed by atoms with van der Waals surface area (Å²) in [4.78, 5) is 14.3. The number of phenolic OH excluding ortho intramolecular Hbond substituents is 1. The van der Waals surface area contributed by atoms with Crippen molar-refractivity contribution in [3.05, 3.63) is 60.2 Å². The van der Waals surface area contributed by atoms with Crippen molar-refractivity contribution in [2.75, 3.05) is 19.7 Å². The highest BCUT2D eigenvalue weighted by Crippen LogP contribution is 2.25. The molecule has 0 aliphatic carbocycles. The number of carbonyl (C=O) groups is 1. The number of piperidine rings is 1. The predicted molar refractivity (Wildman–Crippen MR) is 93.1 cm³/mol. The van der Waals surface area contributed by atoms with Crippen molar-refractivity contribution in [1.82, 2.24) is 4.90 Å². The third kappa shape index (κ3) is 4.28. The molecule has 4 heteroatoms. The summed E-state index contributed by atoms with van der Waals surface area (Å²) >= 11 is 0. The number of hydrogen-bond donors (Lipinski definition) is 1. The smallest absolute Gasteiger partial charge is 0.260 e. The first-order chi connectivity index (χ1) is 11.7. The SMILES string of the molecule is O=C(COc1ccccc1O)N1CCCC(Cc2ccccc2)C1. The minimum atomic E-state index is -0.0321. The fraction of sp³-hybridized carbons (Fsp3) is 0.350. The maximum absolute atomic E-state index is 12.4. The van der Waals surface area contributed by atoms with Crippen molar-refractivity contribution in [1.29, 1.82) is 0 Å². The van der Waals surface area contributed by atoms with Crippen LogP contribution in [0.3, 0.4) is 0 Å². The molecule has 1 atom stereocenters. The Morgan fingerprint density at radius 3 is 2.67 bits per heavy atom. The van der Waals surface area contributed by atoms with Crippen molar-refractivity contribution < 1.29 is 14.6 Å². The Balaban J connectivity index is 1.52. The molecule has 1 fully saturated rings. The van der Waals surface area contributed by atoms with E-state index in [2.05, 4.69) is 24.3 Å². The average Bonchev–Trinajstić information content (AvgIpc) is 2.62. The maximum atomic E-state index is 12.4. The van der Waals surface area contributed by atoms with Crippen LogP contribution in [0.25, 0.3) is 0 Å². The fourth-order valence-corrected chi connectivity index (χ4v) is 3.22. The second-order valence-corrected chi connectivity index (χ2v) is 6.29. The lowest BCUT2D eigenvalue weighted by Gasteiger charge is -2.33. The standard InChI is InChI=1S/C20H23NO3/c22-18-10-4-5-11-19(18)24-15-20(23)21-12-6-9-17(14-21)13-16-7-2-1-3-8-16/h1-5,7-8,10-11,17,22H,6,9,12-15H2. The second-order valence-electron chi connectivity index (χ2n) is 6.29. The number of hydrogen-bond acceptors (Lipinski definition) is 3. The molecule has 126 valence electrons. The largest absolute Gasteiger partial charge is 0.504 e. The highest BCUT2D eigenvalue weighted by Gasteiger charge is 2.24. The first-order valence-electron chi connectivity index (χ1n) is 8.45. The molecule has 2 aromatic rings. The van der Waals surface area contributed by atoms with Crippen molar-refractivity contribution in [3.63, 3.8) is 0 Å². The van der Waals surface area contributed by atoms with Gasteiger partial charge in [0.25, 0.3) is 5.91 Å². The molecule has 24 heavy (non-hydrogen) atoms. The van der Waals surface area contributed by atoms with E-state index in [0.717, 1.165) is 32.4 Å². The van der Waals surface area contributed by atoms with Gasteiger partial charge in [0.05, 0.1) is 0 Å². The molecule has 1 amide bonds. The lowest BCUT2D eigenvalue weighted by atomic mass is 9.91. The first-order valence-corrected chi connectivity index (χ1v) is 8.45. The molecule has 2 aromatic carbocycles. The zero-order valence-corrected chi connectivity index (χ0v) is 13.7. The maximum Gasteiger partial charge on any atom is 0.260 e. The lowest BCUT2D eigenvalue weighted by Crippen LogP contribution is -2.42. The van der Waals surface area contributed by atoms with Gasteiger partial charge in [0.2, 0.25) is 0 Å². The minimum Gasteiger partial charge on any atom is -0.504 e. The number of amides is 1. The summed E-state index contributed by atoms with van der Waals surface area (Å²) in [5.41, 5.74) is 1.32. The van der Waals surface area contributed by atoms with Gasteiger partial charge in [-0.05, 0) is 42.9 Å². The molecule has 0 spiro atoms. The van der Waals surface area contributed by atoms with Crippen molar-refractivity contribution in [3.8, 4) is 11.5 Å². The second kappa shape index (κ2) is 7.86. The zero-order valence-electron chi connectivity index (χ0n) is 13.7. The third-order valence-electron chi connectivity index (χ3n) is 4.46. The minimum absolute atomic E-state index is 0.0176. The monoisotopic (exact) mass is 325 g/mol. The number of ether oxygens (including phenoxy) is 1. The summed E-state index contributed by atoms with van der Waals surface area (Å²) in [5.74, 6) is 0.890. The summed E-state index contributed by atoms with van der Waals surface area (Å²) in [6, 6.07) is 17.1. The Morgan fingerprint density at radius 1 is 1.12 bits per heavy atom. The lowest BCUT2D eigenvalue weighted by molar-refractivity contribution is -0.135. The molecule has 1 aliphatic heterocycles. The van der Waals surface area contributed by atoms with Gasteiger partial charge in [-0.25, -0.2) is 0 Å². The van der Waals surface area contributed by atoms with Crippen LogP contribution in [0.5, 0.6) is 11.5 Å². The van der Waals surface area contributed by atoms with Crippen LogP contribution in [0.2, 0.25) is 0 Å². The van der Waals surface area contributed by atoms with Gasteiger partial charge in [-0.2, -0.15) is 0 Å². The van der Waals surface area contributed by atoms with Crippen molar-refractivity contribution in [2.24, 2.45) is 5.92 Å². The first kappa shape index (κ1) is 16.4. The van der Waals surface area contributed by atoms with E-state index in [0.29, 0.717) is 11.7 Å². The summed E-state index contributed by atoms with van der Waals surface area (Å²) in [5, 5.41) is 9.69. The van der Waals surface area contributed by atoms with Gasteiger partial charge in [-0.1, -0.05) is 42.5 Å². The quantitative estimate of drug-likeness (QED) is 0.918. The number of aromatic hydroxyl groups is 1. The number of carbonyl (C=O) groups excluding carboxylic acids is 1.